The molecule has 1 fully saturated rings. The van der Waals surface area contributed by atoms with E-state index in [4.69, 9.17) is 5.73 Å². The monoisotopic (exact) mass is 358 g/mol. The molecule has 0 aliphatic heterocycles. The lowest BCUT2D eigenvalue weighted by Crippen LogP contribution is -2.35. The van der Waals surface area contributed by atoms with Crippen molar-refractivity contribution < 1.29 is 4.79 Å². The SMILES string of the molecule is NC1CCCCC1CC(=O)Nc1ccc(I)cc1. The predicted molar refractivity (Wildman–Crippen MR) is 82.3 cm³/mol. The first-order valence-electron chi connectivity index (χ1n) is 6.46. The minimum absolute atomic E-state index is 0.0820. The van der Waals surface area contributed by atoms with E-state index in [9.17, 15) is 4.79 Å². The van der Waals surface area contributed by atoms with Crippen LogP contribution in [0, 0.1) is 9.49 Å². The smallest absolute Gasteiger partial charge is 0.224 e. The normalized spacial score (nSPS) is 23.7. The number of hydrogen-bond donors (Lipinski definition) is 2. The molecule has 2 rings (SSSR count). The Hall–Kier alpha value is -0.620. The minimum Gasteiger partial charge on any atom is -0.327 e. The van der Waals surface area contributed by atoms with Crippen molar-refractivity contribution in [2.24, 2.45) is 11.7 Å². The third kappa shape index (κ3) is 3.95. The van der Waals surface area contributed by atoms with E-state index in [1.807, 2.05) is 24.3 Å². The number of hydrogen-bond acceptors (Lipinski definition) is 2. The number of nitrogens with two attached hydrogens (primary N) is 1. The van der Waals surface area contributed by atoms with Gasteiger partial charge < -0.3 is 11.1 Å². The summed E-state index contributed by atoms with van der Waals surface area (Å²) in [5.41, 5.74) is 6.93. The molecule has 4 heteroatoms. The molecule has 3 N–H and O–H groups in total. The first-order valence-corrected chi connectivity index (χ1v) is 7.54. The zero-order chi connectivity index (χ0) is 13.0. The highest BCUT2D eigenvalue weighted by Crippen LogP contribution is 2.26. The largest absolute Gasteiger partial charge is 0.327 e. The number of rotatable bonds is 3. The summed E-state index contributed by atoms with van der Waals surface area (Å²) in [6.45, 7) is 0. The van der Waals surface area contributed by atoms with Crippen LogP contribution in [0.15, 0.2) is 24.3 Å². The molecule has 1 aliphatic rings. The number of halogens is 1. The van der Waals surface area contributed by atoms with Gasteiger partial charge in [0, 0.05) is 21.7 Å². The Morgan fingerprint density at radius 2 is 1.94 bits per heavy atom. The summed E-state index contributed by atoms with van der Waals surface area (Å²) in [6, 6.07) is 8.03. The van der Waals surface area contributed by atoms with Gasteiger partial charge in [0.25, 0.3) is 0 Å². The topological polar surface area (TPSA) is 55.1 Å². The molecule has 0 saturated heterocycles. The summed E-state index contributed by atoms with van der Waals surface area (Å²) in [5.74, 6) is 0.432. The molecule has 1 aromatic rings. The van der Waals surface area contributed by atoms with Crippen molar-refractivity contribution in [3.63, 3.8) is 0 Å². The molecular weight excluding hydrogens is 339 g/mol. The molecule has 3 nitrogen and oxygen atoms in total. The predicted octanol–water partition coefficient (Wildman–Crippen LogP) is 3.14. The number of carbonyl (C=O) groups is 1. The van der Waals surface area contributed by atoms with Crippen LogP contribution >= 0.6 is 22.6 Å². The maximum atomic E-state index is 11.9. The molecule has 1 aliphatic carbocycles. The van der Waals surface area contributed by atoms with Crippen LogP contribution in [-0.4, -0.2) is 11.9 Å². The maximum absolute atomic E-state index is 11.9. The van der Waals surface area contributed by atoms with Gasteiger partial charge in [-0.15, -0.1) is 0 Å². The van der Waals surface area contributed by atoms with Crippen molar-refractivity contribution in [2.75, 3.05) is 5.32 Å². The number of benzene rings is 1. The van der Waals surface area contributed by atoms with Gasteiger partial charge in [0.2, 0.25) is 5.91 Å². The van der Waals surface area contributed by atoms with Crippen molar-refractivity contribution in [3.05, 3.63) is 27.8 Å². The molecule has 0 radical (unpaired) electrons. The van der Waals surface area contributed by atoms with Gasteiger partial charge in [0.05, 0.1) is 0 Å². The average molecular weight is 358 g/mol. The van der Waals surface area contributed by atoms with Gasteiger partial charge in [0.1, 0.15) is 0 Å². The number of anilines is 1. The highest BCUT2D eigenvalue weighted by molar-refractivity contribution is 14.1. The van der Waals surface area contributed by atoms with Crippen LogP contribution in [0.5, 0.6) is 0 Å². The van der Waals surface area contributed by atoms with Crippen molar-refractivity contribution in [3.8, 4) is 0 Å². The fraction of sp³-hybridized carbons (Fsp3) is 0.500. The average Bonchev–Trinajstić information content (AvgIpc) is 2.35. The van der Waals surface area contributed by atoms with Crippen LogP contribution in [0.25, 0.3) is 0 Å². The molecule has 0 aromatic heterocycles. The Labute approximate surface area is 122 Å². The Bertz CT molecular complexity index is 405. The molecule has 1 aromatic carbocycles. The zero-order valence-corrected chi connectivity index (χ0v) is 12.5. The Morgan fingerprint density at radius 1 is 1.28 bits per heavy atom. The van der Waals surface area contributed by atoms with Gasteiger partial charge >= 0.3 is 0 Å². The lowest BCUT2D eigenvalue weighted by Gasteiger charge is -2.27. The van der Waals surface area contributed by atoms with E-state index in [-0.39, 0.29) is 11.9 Å². The van der Waals surface area contributed by atoms with Crippen molar-refractivity contribution in [2.45, 2.75) is 38.1 Å². The van der Waals surface area contributed by atoms with Crippen molar-refractivity contribution in [1.82, 2.24) is 0 Å². The highest BCUT2D eigenvalue weighted by Gasteiger charge is 2.24. The van der Waals surface area contributed by atoms with Crippen LogP contribution in [0.1, 0.15) is 32.1 Å². The fourth-order valence-corrected chi connectivity index (χ4v) is 2.83. The quantitative estimate of drug-likeness (QED) is 0.816. The van der Waals surface area contributed by atoms with E-state index in [0.29, 0.717) is 12.3 Å². The summed E-state index contributed by atoms with van der Waals surface area (Å²) >= 11 is 2.25. The summed E-state index contributed by atoms with van der Waals surface area (Å²) < 4.78 is 1.17. The maximum Gasteiger partial charge on any atom is 0.224 e. The van der Waals surface area contributed by atoms with Crippen LogP contribution in [0.2, 0.25) is 0 Å². The number of nitrogens with one attached hydrogen (secondary N) is 1. The highest BCUT2D eigenvalue weighted by atomic mass is 127. The second-order valence-electron chi connectivity index (χ2n) is 4.97. The van der Waals surface area contributed by atoms with E-state index in [2.05, 4.69) is 27.9 Å². The molecular formula is C14H19IN2O. The van der Waals surface area contributed by atoms with Crippen LogP contribution in [0.4, 0.5) is 5.69 Å². The number of carbonyl (C=O) groups excluding carboxylic acids is 1. The minimum atomic E-state index is 0.0820. The Balaban J connectivity index is 1.86. The van der Waals surface area contributed by atoms with E-state index in [1.165, 1.54) is 16.4 Å². The van der Waals surface area contributed by atoms with Gasteiger partial charge in [-0.25, -0.2) is 0 Å². The Kier molecular flexibility index (Phi) is 5.00. The van der Waals surface area contributed by atoms with Gasteiger partial charge in [0.15, 0.2) is 0 Å². The summed E-state index contributed by atoms with van der Waals surface area (Å²) in [6.07, 6.45) is 5.10. The van der Waals surface area contributed by atoms with Crippen molar-refractivity contribution in [1.29, 1.82) is 0 Å². The molecule has 0 heterocycles. The molecule has 0 spiro atoms. The van der Waals surface area contributed by atoms with Crippen molar-refractivity contribution >= 4 is 34.2 Å². The third-order valence-corrected chi connectivity index (χ3v) is 4.26. The molecule has 1 saturated carbocycles. The summed E-state index contributed by atoms with van der Waals surface area (Å²) in [7, 11) is 0. The summed E-state index contributed by atoms with van der Waals surface area (Å²) in [4.78, 5) is 11.9. The van der Waals surface area contributed by atoms with E-state index >= 15 is 0 Å². The van der Waals surface area contributed by atoms with Gasteiger partial charge in [-0.1, -0.05) is 12.8 Å². The van der Waals surface area contributed by atoms with Gasteiger partial charge in [-0.2, -0.15) is 0 Å². The first kappa shape index (κ1) is 13.8. The van der Waals surface area contributed by atoms with E-state index in [1.54, 1.807) is 0 Å². The molecule has 0 bridgehead atoms. The number of amides is 1. The molecule has 98 valence electrons. The molecule has 2 unspecified atom stereocenters. The lowest BCUT2D eigenvalue weighted by atomic mass is 9.83. The standard InChI is InChI=1S/C14H19IN2O/c15-11-5-7-12(8-6-11)17-14(18)9-10-3-1-2-4-13(10)16/h5-8,10,13H,1-4,9,16H2,(H,17,18). The second kappa shape index (κ2) is 6.52. The fourth-order valence-electron chi connectivity index (χ4n) is 2.47. The van der Waals surface area contributed by atoms with E-state index in [0.717, 1.165) is 18.5 Å². The van der Waals surface area contributed by atoms with Crippen LogP contribution in [0.3, 0.4) is 0 Å². The third-order valence-electron chi connectivity index (χ3n) is 3.54. The first-order chi connectivity index (χ1) is 8.65. The molecule has 1 amide bonds. The summed E-state index contributed by atoms with van der Waals surface area (Å²) in [5, 5.41) is 2.94. The molecule has 18 heavy (non-hydrogen) atoms. The van der Waals surface area contributed by atoms with E-state index < -0.39 is 0 Å². The zero-order valence-electron chi connectivity index (χ0n) is 10.4. The van der Waals surface area contributed by atoms with Crippen LogP contribution in [-0.2, 0) is 4.79 Å². The molecule has 2 atom stereocenters. The van der Waals surface area contributed by atoms with Gasteiger partial charge in [-0.3, -0.25) is 4.79 Å². The van der Waals surface area contributed by atoms with Gasteiger partial charge in [-0.05, 0) is 65.6 Å². The second-order valence-corrected chi connectivity index (χ2v) is 6.21. The lowest BCUT2D eigenvalue weighted by molar-refractivity contribution is -0.117. The van der Waals surface area contributed by atoms with Crippen LogP contribution < -0.4 is 11.1 Å². The Morgan fingerprint density at radius 3 is 2.61 bits per heavy atom.